The van der Waals surface area contributed by atoms with Crippen molar-refractivity contribution in [2.24, 2.45) is 0 Å². The van der Waals surface area contributed by atoms with E-state index in [4.69, 9.17) is 5.73 Å². The Balaban J connectivity index is 1.95. The smallest absolute Gasteiger partial charge is 0.0743 e. The third kappa shape index (κ3) is 2.43. The Morgan fingerprint density at radius 1 is 1.05 bits per heavy atom. The van der Waals surface area contributed by atoms with Gasteiger partial charge in [0, 0.05) is 29.0 Å². The van der Waals surface area contributed by atoms with Gasteiger partial charge in [-0.25, -0.2) is 0 Å². The van der Waals surface area contributed by atoms with E-state index in [0.717, 1.165) is 22.3 Å². The van der Waals surface area contributed by atoms with E-state index in [1.165, 1.54) is 5.56 Å². The number of nitrogens with one attached hydrogen (secondary N) is 1. The largest absolute Gasteiger partial charge is 0.399 e. The van der Waals surface area contributed by atoms with Gasteiger partial charge in [-0.1, -0.05) is 30.3 Å². The van der Waals surface area contributed by atoms with Crippen LogP contribution in [0.15, 0.2) is 60.8 Å². The Kier molecular flexibility index (Phi) is 3.25. The van der Waals surface area contributed by atoms with E-state index < -0.39 is 0 Å². The van der Waals surface area contributed by atoms with Crippen molar-refractivity contribution in [3.8, 4) is 0 Å². The summed E-state index contributed by atoms with van der Waals surface area (Å²) in [6.45, 7) is 2.15. The van der Waals surface area contributed by atoms with Crippen molar-refractivity contribution in [3.05, 3.63) is 66.4 Å². The van der Waals surface area contributed by atoms with Crippen LogP contribution in [0.1, 0.15) is 18.5 Å². The van der Waals surface area contributed by atoms with Crippen molar-refractivity contribution in [1.82, 2.24) is 4.98 Å². The van der Waals surface area contributed by atoms with Crippen LogP contribution >= 0.6 is 0 Å². The molecule has 1 atom stereocenters. The van der Waals surface area contributed by atoms with Gasteiger partial charge in [0.25, 0.3) is 0 Å². The van der Waals surface area contributed by atoms with Gasteiger partial charge < -0.3 is 11.1 Å². The first kappa shape index (κ1) is 12.5. The number of fused-ring (bicyclic) bond motifs is 1. The zero-order chi connectivity index (χ0) is 13.9. The van der Waals surface area contributed by atoms with Crippen LogP contribution in [0.3, 0.4) is 0 Å². The molecule has 0 aliphatic carbocycles. The Bertz CT molecular complexity index is 723. The van der Waals surface area contributed by atoms with Crippen LogP contribution in [0, 0.1) is 0 Å². The summed E-state index contributed by atoms with van der Waals surface area (Å²) >= 11 is 0. The van der Waals surface area contributed by atoms with Crippen molar-refractivity contribution in [2.75, 3.05) is 11.1 Å². The number of nitrogens with zero attached hydrogens (tertiary/aromatic N) is 1. The van der Waals surface area contributed by atoms with E-state index in [2.05, 4.69) is 41.5 Å². The summed E-state index contributed by atoms with van der Waals surface area (Å²) in [6.07, 6.45) is 1.81. The molecule has 0 aliphatic heterocycles. The van der Waals surface area contributed by atoms with Crippen LogP contribution in [-0.4, -0.2) is 4.98 Å². The Labute approximate surface area is 118 Å². The fourth-order valence-corrected chi connectivity index (χ4v) is 2.35. The number of pyridine rings is 1. The molecule has 3 N–H and O–H groups in total. The quantitative estimate of drug-likeness (QED) is 0.702. The van der Waals surface area contributed by atoms with Crippen LogP contribution in [0.25, 0.3) is 10.9 Å². The molecule has 0 radical (unpaired) electrons. The van der Waals surface area contributed by atoms with Gasteiger partial charge in [-0.2, -0.15) is 0 Å². The van der Waals surface area contributed by atoms with Crippen LogP contribution < -0.4 is 11.1 Å². The van der Waals surface area contributed by atoms with Crippen LogP contribution in [0.2, 0.25) is 0 Å². The summed E-state index contributed by atoms with van der Waals surface area (Å²) in [5, 5.41) is 4.63. The third-order valence-corrected chi connectivity index (χ3v) is 3.44. The zero-order valence-corrected chi connectivity index (χ0v) is 11.4. The molecule has 20 heavy (non-hydrogen) atoms. The molecule has 1 aromatic heterocycles. The molecule has 3 rings (SSSR count). The highest BCUT2D eigenvalue weighted by atomic mass is 14.9. The number of aromatic nitrogens is 1. The molecule has 3 heteroatoms. The number of nitrogens with two attached hydrogens (primary N) is 1. The molecule has 1 unspecified atom stereocenters. The van der Waals surface area contributed by atoms with Crippen LogP contribution in [0.4, 0.5) is 11.4 Å². The lowest BCUT2D eigenvalue weighted by Gasteiger charge is -2.17. The monoisotopic (exact) mass is 263 g/mol. The molecule has 3 nitrogen and oxygen atoms in total. The first-order valence-electron chi connectivity index (χ1n) is 6.70. The van der Waals surface area contributed by atoms with Gasteiger partial charge in [0.2, 0.25) is 0 Å². The summed E-state index contributed by atoms with van der Waals surface area (Å²) in [6, 6.07) is 18.4. The fraction of sp³-hybridized carbons (Fsp3) is 0.118. The number of nitrogen functional groups attached to an aromatic ring is 1. The predicted octanol–water partition coefficient (Wildman–Crippen LogP) is 3.99. The average Bonchev–Trinajstić information content (AvgIpc) is 2.48. The lowest BCUT2D eigenvalue weighted by Crippen LogP contribution is -2.07. The molecule has 3 aromatic rings. The van der Waals surface area contributed by atoms with E-state index in [1.807, 2.05) is 36.5 Å². The predicted molar refractivity (Wildman–Crippen MR) is 84.6 cm³/mol. The molecule has 0 bridgehead atoms. The first-order valence-corrected chi connectivity index (χ1v) is 6.70. The minimum atomic E-state index is 0.236. The van der Waals surface area contributed by atoms with Crippen molar-refractivity contribution < 1.29 is 0 Å². The highest BCUT2D eigenvalue weighted by Crippen LogP contribution is 2.26. The second-order valence-electron chi connectivity index (χ2n) is 4.91. The maximum Gasteiger partial charge on any atom is 0.0743 e. The van der Waals surface area contributed by atoms with Gasteiger partial charge in [-0.05, 0) is 36.8 Å². The normalized spacial score (nSPS) is 12.2. The first-order chi connectivity index (χ1) is 9.74. The van der Waals surface area contributed by atoms with E-state index in [9.17, 15) is 0 Å². The Morgan fingerprint density at radius 3 is 2.65 bits per heavy atom. The minimum absolute atomic E-state index is 0.236. The standard InChI is InChI=1S/C17H17N3/c1-12(13-5-3-2-4-6-13)20-16-9-10-19-17-11-14(18)7-8-15(16)17/h2-12H,18H2,1H3,(H,19,20). The maximum atomic E-state index is 5.81. The van der Waals surface area contributed by atoms with Crippen LogP contribution in [-0.2, 0) is 0 Å². The molecule has 100 valence electrons. The topological polar surface area (TPSA) is 50.9 Å². The second kappa shape index (κ2) is 5.21. The van der Waals surface area contributed by atoms with E-state index in [1.54, 1.807) is 0 Å². The summed E-state index contributed by atoms with van der Waals surface area (Å²) in [4.78, 5) is 4.36. The van der Waals surface area contributed by atoms with Crippen molar-refractivity contribution in [3.63, 3.8) is 0 Å². The van der Waals surface area contributed by atoms with E-state index >= 15 is 0 Å². The van der Waals surface area contributed by atoms with Gasteiger partial charge >= 0.3 is 0 Å². The minimum Gasteiger partial charge on any atom is -0.399 e. The zero-order valence-electron chi connectivity index (χ0n) is 11.4. The lowest BCUT2D eigenvalue weighted by molar-refractivity contribution is 0.886. The number of anilines is 2. The average molecular weight is 263 g/mol. The highest BCUT2D eigenvalue weighted by molar-refractivity contribution is 5.92. The van der Waals surface area contributed by atoms with E-state index in [0.29, 0.717) is 0 Å². The molecule has 0 amide bonds. The summed E-state index contributed by atoms with van der Waals surface area (Å²) in [5.74, 6) is 0. The summed E-state index contributed by atoms with van der Waals surface area (Å²) < 4.78 is 0. The highest BCUT2D eigenvalue weighted by Gasteiger charge is 2.07. The van der Waals surface area contributed by atoms with Crippen molar-refractivity contribution >= 4 is 22.3 Å². The number of hydrogen-bond donors (Lipinski definition) is 2. The molecular weight excluding hydrogens is 246 g/mol. The molecule has 0 saturated heterocycles. The summed E-state index contributed by atoms with van der Waals surface area (Å²) in [7, 11) is 0. The molecule has 0 fully saturated rings. The molecular formula is C17H17N3. The lowest BCUT2D eigenvalue weighted by atomic mass is 10.1. The maximum absolute atomic E-state index is 5.81. The number of benzene rings is 2. The van der Waals surface area contributed by atoms with Crippen LogP contribution in [0.5, 0.6) is 0 Å². The van der Waals surface area contributed by atoms with E-state index in [-0.39, 0.29) is 6.04 Å². The van der Waals surface area contributed by atoms with Gasteiger partial charge in [0.05, 0.1) is 5.52 Å². The SMILES string of the molecule is CC(Nc1ccnc2cc(N)ccc12)c1ccccc1. The van der Waals surface area contributed by atoms with Gasteiger partial charge in [0.15, 0.2) is 0 Å². The molecule has 0 spiro atoms. The van der Waals surface area contributed by atoms with Gasteiger partial charge in [-0.15, -0.1) is 0 Å². The fourth-order valence-electron chi connectivity index (χ4n) is 2.35. The molecule has 1 heterocycles. The Hall–Kier alpha value is -2.55. The van der Waals surface area contributed by atoms with Crippen molar-refractivity contribution in [2.45, 2.75) is 13.0 Å². The number of rotatable bonds is 3. The Morgan fingerprint density at radius 2 is 1.85 bits per heavy atom. The molecule has 0 aliphatic rings. The molecule has 0 saturated carbocycles. The molecule has 2 aromatic carbocycles. The second-order valence-corrected chi connectivity index (χ2v) is 4.91. The van der Waals surface area contributed by atoms with Gasteiger partial charge in [-0.3, -0.25) is 4.98 Å². The number of hydrogen-bond acceptors (Lipinski definition) is 3. The van der Waals surface area contributed by atoms with Gasteiger partial charge in [0.1, 0.15) is 0 Å². The van der Waals surface area contributed by atoms with Crippen molar-refractivity contribution in [1.29, 1.82) is 0 Å². The summed E-state index contributed by atoms with van der Waals surface area (Å²) in [5.41, 5.74) is 9.79. The third-order valence-electron chi connectivity index (χ3n) is 3.44.